The first-order valence-corrected chi connectivity index (χ1v) is 8.87. The predicted octanol–water partition coefficient (Wildman–Crippen LogP) is 2.53. The Labute approximate surface area is 125 Å². The maximum atomic E-state index is 14.1. The number of nitrogen functional groups attached to an aromatic ring is 1. The Hall–Kier alpha value is -1.14. The molecule has 0 atom stereocenters. The minimum atomic E-state index is -3.80. The zero-order valence-corrected chi connectivity index (χ0v) is 13.0. The van der Waals surface area contributed by atoms with E-state index < -0.39 is 15.8 Å². The zero-order chi connectivity index (χ0) is 15.2. The van der Waals surface area contributed by atoms with Gasteiger partial charge in [0.05, 0.1) is 0 Å². The summed E-state index contributed by atoms with van der Waals surface area (Å²) in [5, 5.41) is 0. The second kappa shape index (κ2) is 5.25. The van der Waals surface area contributed by atoms with Gasteiger partial charge in [-0.15, -0.1) is 0 Å². The van der Waals surface area contributed by atoms with E-state index in [4.69, 9.17) is 5.73 Å². The summed E-state index contributed by atoms with van der Waals surface area (Å²) in [5.41, 5.74) is 6.63. The van der Waals surface area contributed by atoms with E-state index in [0.29, 0.717) is 36.2 Å². The van der Waals surface area contributed by atoms with Crippen LogP contribution >= 0.6 is 0 Å². The van der Waals surface area contributed by atoms with E-state index in [1.54, 1.807) is 6.92 Å². The second-order valence-corrected chi connectivity index (χ2v) is 8.25. The molecule has 2 fully saturated rings. The number of sulfonamides is 1. The van der Waals surface area contributed by atoms with Crippen LogP contribution < -0.4 is 5.73 Å². The first-order chi connectivity index (χ1) is 9.88. The van der Waals surface area contributed by atoms with Crippen molar-refractivity contribution < 1.29 is 12.8 Å². The van der Waals surface area contributed by atoms with Gasteiger partial charge in [0.25, 0.3) is 0 Å². The summed E-state index contributed by atoms with van der Waals surface area (Å²) < 4.78 is 41.1. The molecule has 0 radical (unpaired) electrons. The molecule has 0 saturated heterocycles. The summed E-state index contributed by atoms with van der Waals surface area (Å²) in [7, 11) is -3.80. The highest BCUT2D eigenvalue weighted by molar-refractivity contribution is 7.89. The first-order valence-electron chi connectivity index (χ1n) is 7.43. The van der Waals surface area contributed by atoms with Crippen LogP contribution in [0.2, 0.25) is 0 Å². The molecule has 0 spiro atoms. The molecule has 21 heavy (non-hydrogen) atoms. The van der Waals surface area contributed by atoms with Crippen LogP contribution in [0.4, 0.5) is 10.1 Å². The molecular weight excluding hydrogens is 291 g/mol. The van der Waals surface area contributed by atoms with Gasteiger partial charge in [-0.05, 0) is 62.1 Å². The summed E-state index contributed by atoms with van der Waals surface area (Å²) in [6, 6.07) is 2.46. The normalized spacial score (nSPS) is 19.2. The van der Waals surface area contributed by atoms with Crippen molar-refractivity contribution in [3.63, 3.8) is 0 Å². The molecule has 2 aliphatic rings. The van der Waals surface area contributed by atoms with Crippen LogP contribution in [0.3, 0.4) is 0 Å². The Morgan fingerprint density at radius 1 is 1.19 bits per heavy atom. The smallest absolute Gasteiger partial charge is 0.246 e. The Bertz CT molecular complexity index is 638. The monoisotopic (exact) mass is 312 g/mol. The van der Waals surface area contributed by atoms with Crippen LogP contribution in [0.15, 0.2) is 17.0 Å². The van der Waals surface area contributed by atoms with Gasteiger partial charge in [-0.2, -0.15) is 4.31 Å². The van der Waals surface area contributed by atoms with Crippen molar-refractivity contribution in [3.8, 4) is 0 Å². The van der Waals surface area contributed by atoms with E-state index in [1.807, 2.05) is 0 Å². The number of aryl methyl sites for hydroxylation is 1. The molecule has 0 aromatic heterocycles. The molecule has 4 nitrogen and oxygen atoms in total. The number of anilines is 1. The van der Waals surface area contributed by atoms with Crippen molar-refractivity contribution in [3.05, 3.63) is 23.5 Å². The molecule has 3 rings (SSSR count). The van der Waals surface area contributed by atoms with Crippen molar-refractivity contribution in [2.24, 2.45) is 11.8 Å². The zero-order valence-electron chi connectivity index (χ0n) is 12.2. The molecule has 2 N–H and O–H groups in total. The molecule has 0 bridgehead atoms. The van der Waals surface area contributed by atoms with E-state index >= 15 is 0 Å². The Balaban J connectivity index is 1.93. The summed E-state index contributed by atoms with van der Waals surface area (Å²) in [6.07, 6.45) is 4.26. The second-order valence-electron chi connectivity index (χ2n) is 6.35. The van der Waals surface area contributed by atoms with Crippen LogP contribution in [-0.2, 0) is 10.0 Å². The Morgan fingerprint density at radius 3 is 2.19 bits per heavy atom. The maximum Gasteiger partial charge on any atom is 0.246 e. The summed E-state index contributed by atoms with van der Waals surface area (Å²) in [5.74, 6) is 0.159. The SMILES string of the molecule is Cc1cc(F)c(S(=O)(=O)N(CC2CC2)CC2CC2)cc1N. The van der Waals surface area contributed by atoms with E-state index in [2.05, 4.69) is 0 Å². The van der Waals surface area contributed by atoms with Gasteiger partial charge in [0.2, 0.25) is 10.0 Å². The highest BCUT2D eigenvalue weighted by Gasteiger charge is 2.36. The van der Waals surface area contributed by atoms with Crippen molar-refractivity contribution >= 4 is 15.7 Å². The molecule has 2 aliphatic carbocycles. The van der Waals surface area contributed by atoms with E-state index in [9.17, 15) is 12.8 Å². The average molecular weight is 312 g/mol. The largest absolute Gasteiger partial charge is 0.398 e. The lowest BCUT2D eigenvalue weighted by atomic mass is 10.2. The number of nitrogens with zero attached hydrogens (tertiary/aromatic N) is 1. The molecule has 1 aromatic carbocycles. The lowest BCUT2D eigenvalue weighted by Crippen LogP contribution is -2.35. The predicted molar refractivity (Wildman–Crippen MR) is 79.8 cm³/mol. The molecule has 0 amide bonds. The molecule has 116 valence electrons. The summed E-state index contributed by atoms with van der Waals surface area (Å²) in [4.78, 5) is -0.285. The topological polar surface area (TPSA) is 63.4 Å². The highest BCUT2D eigenvalue weighted by Crippen LogP contribution is 2.36. The molecule has 1 aromatic rings. The van der Waals surface area contributed by atoms with Crippen molar-refractivity contribution in [1.82, 2.24) is 4.31 Å². The molecule has 0 unspecified atom stereocenters. The first kappa shape index (κ1) is 14.8. The highest BCUT2D eigenvalue weighted by atomic mass is 32.2. The van der Waals surface area contributed by atoms with Gasteiger partial charge in [0.15, 0.2) is 0 Å². The number of hydrogen-bond donors (Lipinski definition) is 1. The third kappa shape index (κ3) is 3.21. The van der Waals surface area contributed by atoms with Gasteiger partial charge in [0.1, 0.15) is 10.7 Å². The fraction of sp³-hybridized carbons (Fsp3) is 0.600. The average Bonchev–Trinajstić information content (AvgIpc) is 3.27. The Morgan fingerprint density at radius 2 is 1.71 bits per heavy atom. The lowest BCUT2D eigenvalue weighted by Gasteiger charge is -2.22. The van der Waals surface area contributed by atoms with E-state index in [-0.39, 0.29) is 4.90 Å². The minimum Gasteiger partial charge on any atom is -0.398 e. The summed E-state index contributed by atoms with van der Waals surface area (Å²) in [6.45, 7) is 2.68. The van der Waals surface area contributed by atoms with Crippen molar-refractivity contribution in [1.29, 1.82) is 0 Å². The third-order valence-electron chi connectivity index (χ3n) is 4.26. The number of nitrogens with two attached hydrogens (primary N) is 1. The molecule has 0 heterocycles. The van der Waals surface area contributed by atoms with Crippen LogP contribution in [0.25, 0.3) is 0 Å². The number of rotatable bonds is 6. The number of benzene rings is 1. The number of halogens is 1. The van der Waals surface area contributed by atoms with Gasteiger partial charge in [-0.1, -0.05) is 0 Å². The van der Waals surface area contributed by atoms with Crippen molar-refractivity contribution in [2.75, 3.05) is 18.8 Å². The van der Waals surface area contributed by atoms with Gasteiger partial charge in [-0.25, -0.2) is 12.8 Å². The maximum absolute atomic E-state index is 14.1. The molecule has 0 aliphatic heterocycles. The minimum absolute atomic E-state index is 0.285. The molecule has 2 saturated carbocycles. The molecule has 6 heteroatoms. The standard InChI is InChI=1S/C15H21FN2O2S/c1-10-6-13(16)15(7-14(10)17)21(19,20)18(8-11-2-3-11)9-12-4-5-12/h6-7,11-12H,2-5,8-9,17H2,1H3. The molecular formula is C15H21FN2O2S. The van der Waals surface area contributed by atoms with Gasteiger partial charge in [0, 0.05) is 18.8 Å². The van der Waals surface area contributed by atoms with Crippen LogP contribution in [0.1, 0.15) is 31.2 Å². The quantitative estimate of drug-likeness (QED) is 0.821. The Kier molecular flexibility index (Phi) is 3.69. The lowest BCUT2D eigenvalue weighted by molar-refractivity contribution is 0.379. The third-order valence-corrected chi connectivity index (χ3v) is 6.10. The van der Waals surface area contributed by atoms with E-state index in [0.717, 1.165) is 25.7 Å². The van der Waals surface area contributed by atoms with Crippen LogP contribution in [-0.4, -0.2) is 25.8 Å². The van der Waals surface area contributed by atoms with E-state index in [1.165, 1.54) is 16.4 Å². The van der Waals surface area contributed by atoms with Crippen molar-refractivity contribution in [2.45, 2.75) is 37.5 Å². The fourth-order valence-electron chi connectivity index (χ4n) is 2.45. The van der Waals surface area contributed by atoms with Crippen LogP contribution in [0, 0.1) is 24.6 Å². The fourth-order valence-corrected chi connectivity index (χ4v) is 4.13. The summed E-state index contributed by atoms with van der Waals surface area (Å²) >= 11 is 0. The van der Waals surface area contributed by atoms with Gasteiger partial charge >= 0.3 is 0 Å². The number of hydrogen-bond acceptors (Lipinski definition) is 3. The van der Waals surface area contributed by atoms with Gasteiger partial charge in [-0.3, -0.25) is 0 Å². The van der Waals surface area contributed by atoms with Gasteiger partial charge < -0.3 is 5.73 Å². The van der Waals surface area contributed by atoms with Crippen LogP contribution in [0.5, 0.6) is 0 Å².